The van der Waals surface area contributed by atoms with E-state index in [0.29, 0.717) is 6.42 Å². The predicted molar refractivity (Wildman–Crippen MR) is 76.0 cm³/mol. The molecule has 0 aromatic heterocycles. The van der Waals surface area contributed by atoms with E-state index in [2.05, 4.69) is 0 Å². The Morgan fingerprint density at radius 2 is 1.41 bits per heavy atom. The summed E-state index contributed by atoms with van der Waals surface area (Å²) < 4.78 is 4.79. The van der Waals surface area contributed by atoms with Crippen LogP contribution in [-0.2, 0) is 4.74 Å². The number of aliphatic hydroxyl groups is 3. The SMILES string of the molecule is O=C(O)c1ccc(C(=O)O)cc1.OCCOCC(O)CCO. The summed E-state index contributed by atoms with van der Waals surface area (Å²) in [5.41, 5.74) is 0.167. The predicted octanol–water partition coefficient (Wildman–Crippen LogP) is -0.178. The quantitative estimate of drug-likeness (QED) is 0.415. The van der Waals surface area contributed by atoms with Crippen LogP contribution in [0, 0.1) is 0 Å². The van der Waals surface area contributed by atoms with Gasteiger partial charge in [0.05, 0.1) is 37.1 Å². The van der Waals surface area contributed by atoms with Gasteiger partial charge in [0.2, 0.25) is 0 Å². The number of carbonyl (C=O) groups is 2. The van der Waals surface area contributed by atoms with Gasteiger partial charge in [-0.2, -0.15) is 0 Å². The van der Waals surface area contributed by atoms with Crippen molar-refractivity contribution in [3.8, 4) is 0 Å². The molecule has 0 amide bonds. The van der Waals surface area contributed by atoms with Gasteiger partial charge in [-0.15, -0.1) is 0 Å². The van der Waals surface area contributed by atoms with E-state index in [9.17, 15) is 9.59 Å². The molecule has 0 spiro atoms. The van der Waals surface area contributed by atoms with E-state index in [4.69, 9.17) is 30.3 Å². The van der Waals surface area contributed by atoms with Crippen LogP contribution in [0.5, 0.6) is 0 Å². The molecule has 8 nitrogen and oxygen atoms in total. The van der Waals surface area contributed by atoms with Crippen LogP contribution in [0.3, 0.4) is 0 Å². The maximum Gasteiger partial charge on any atom is 0.335 e. The Labute approximate surface area is 127 Å². The molecule has 0 heterocycles. The molecule has 1 aromatic rings. The summed E-state index contributed by atoms with van der Waals surface area (Å²) >= 11 is 0. The first-order valence-electron chi connectivity index (χ1n) is 6.46. The Morgan fingerprint density at radius 3 is 1.73 bits per heavy atom. The normalized spacial score (nSPS) is 11.2. The monoisotopic (exact) mass is 316 g/mol. The van der Waals surface area contributed by atoms with Crippen LogP contribution in [0.4, 0.5) is 0 Å². The Balaban J connectivity index is 0.000000409. The third kappa shape index (κ3) is 9.03. The van der Waals surface area contributed by atoms with Gasteiger partial charge in [0, 0.05) is 6.61 Å². The highest BCUT2D eigenvalue weighted by Crippen LogP contribution is 2.03. The highest BCUT2D eigenvalue weighted by molar-refractivity contribution is 5.91. The third-order valence-corrected chi connectivity index (χ3v) is 2.39. The number of ether oxygens (including phenoxy) is 1. The first-order chi connectivity index (χ1) is 10.4. The molecule has 5 N–H and O–H groups in total. The molecule has 1 atom stereocenters. The van der Waals surface area contributed by atoms with Crippen molar-refractivity contribution in [3.63, 3.8) is 0 Å². The molecule has 0 saturated heterocycles. The Morgan fingerprint density at radius 1 is 0.955 bits per heavy atom. The minimum absolute atomic E-state index is 0.0359. The standard InChI is InChI=1S/C8H6O4.C6H14O4/c9-7(10)5-1-2-6(4-3-5)8(11)12;7-2-1-6(9)5-10-4-3-8/h1-4H,(H,9,10)(H,11,12);6-9H,1-5H2. The molecule has 8 heteroatoms. The van der Waals surface area contributed by atoms with E-state index >= 15 is 0 Å². The molecule has 0 aliphatic heterocycles. The molecule has 0 radical (unpaired) electrons. The van der Waals surface area contributed by atoms with Crippen LogP contribution in [0.25, 0.3) is 0 Å². The van der Waals surface area contributed by atoms with Gasteiger partial charge in [-0.3, -0.25) is 0 Å². The third-order valence-electron chi connectivity index (χ3n) is 2.39. The number of carboxylic acids is 2. The fraction of sp³-hybridized carbons (Fsp3) is 0.429. The number of rotatable bonds is 8. The molecule has 0 aliphatic rings. The summed E-state index contributed by atoms with van der Waals surface area (Å²) in [4.78, 5) is 20.7. The van der Waals surface area contributed by atoms with Gasteiger partial charge < -0.3 is 30.3 Å². The van der Waals surface area contributed by atoms with Crippen LogP contribution in [-0.4, -0.2) is 70.0 Å². The fourth-order valence-electron chi connectivity index (χ4n) is 1.27. The maximum absolute atomic E-state index is 10.3. The zero-order valence-electron chi connectivity index (χ0n) is 11.9. The second-order valence-corrected chi connectivity index (χ2v) is 4.15. The summed E-state index contributed by atoms with van der Waals surface area (Å²) in [5, 5.41) is 42.4. The molecular weight excluding hydrogens is 296 g/mol. The van der Waals surface area contributed by atoms with Gasteiger partial charge in [-0.1, -0.05) is 0 Å². The lowest BCUT2D eigenvalue weighted by Crippen LogP contribution is -2.17. The van der Waals surface area contributed by atoms with Crippen molar-refractivity contribution in [2.24, 2.45) is 0 Å². The summed E-state index contributed by atoms with van der Waals surface area (Å²) in [6.07, 6.45) is -0.289. The van der Waals surface area contributed by atoms with Crippen molar-refractivity contribution in [2.45, 2.75) is 12.5 Å². The summed E-state index contributed by atoms with van der Waals surface area (Å²) in [5.74, 6) is -2.13. The van der Waals surface area contributed by atoms with Gasteiger partial charge >= 0.3 is 11.9 Å². The highest BCUT2D eigenvalue weighted by Gasteiger charge is 2.04. The Bertz CT molecular complexity index is 410. The molecule has 22 heavy (non-hydrogen) atoms. The van der Waals surface area contributed by atoms with E-state index in [1.165, 1.54) is 24.3 Å². The topological polar surface area (TPSA) is 145 Å². The average Bonchev–Trinajstić information content (AvgIpc) is 2.48. The van der Waals surface area contributed by atoms with Crippen LogP contribution in [0.15, 0.2) is 24.3 Å². The molecule has 124 valence electrons. The Hall–Kier alpha value is -2.00. The summed E-state index contributed by atoms with van der Waals surface area (Å²) in [6.45, 7) is 0.346. The van der Waals surface area contributed by atoms with Gasteiger partial charge in [0.25, 0.3) is 0 Å². The number of carboxylic acid groups (broad SMARTS) is 2. The van der Waals surface area contributed by atoms with Crippen LogP contribution in [0.1, 0.15) is 27.1 Å². The molecule has 1 unspecified atom stereocenters. The zero-order chi connectivity index (χ0) is 17.0. The lowest BCUT2D eigenvalue weighted by molar-refractivity contribution is 0.0114. The molecule has 1 aromatic carbocycles. The molecule has 1 rings (SSSR count). The van der Waals surface area contributed by atoms with Crippen molar-refractivity contribution in [1.29, 1.82) is 0 Å². The lowest BCUT2D eigenvalue weighted by Gasteiger charge is -2.07. The largest absolute Gasteiger partial charge is 0.478 e. The zero-order valence-corrected chi connectivity index (χ0v) is 11.9. The van der Waals surface area contributed by atoms with Crippen LogP contribution < -0.4 is 0 Å². The number of aliphatic hydroxyl groups excluding tert-OH is 3. The molecular formula is C14H20O8. The van der Waals surface area contributed by atoms with E-state index in [-0.39, 0.29) is 37.6 Å². The number of benzene rings is 1. The van der Waals surface area contributed by atoms with E-state index in [1.54, 1.807) is 0 Å². The first-order valence-corrected chi connectivity index (χ1v) is 6.46. The lowest BCUT2D eigenvalue weighted by atomic mass is 10.1. The van der Waals surface area contributed by atoms with Crippen molar-refractivity contribution in [2.75, 3.05) is 26.4 Å². The summed E-state index contributed by atoms with van der Waals surface area (Å²) in [6, 6.07) is 5.02. The van der Waals surface area contributed by atoms with Gasteiger partial charge in [-0.25, -0.2) is 9.59 Å². The van der Waals surface area contributed by atoms with Crippen LogP contribution >= 0.6 is 0 Å². The second-order valence-electron chi connectivity index (χ2n) is 4.15. The van der Waals surface area contributed by atoms with E-state index in [0.717, 1.165) is 0 Å². The molecule has 0 saturated carbocycles. The number of hydrogen-bond donors (Lipinski definition) is 5. The average molecular weight is 316 g/mol. The number of aromatic carboxylic acids is 2. The fourth-order valence-corrected chi connectivity index (χ4v) is 1.27. The summed E-state index contributed by atoms with van der Waals surface area (Å²) in [7, 11) is 0. The molecule has 0 fully saturated rings. The van der Waals surface area contributed by atoms with Crippen molar-refractivity contribution in [1.82, 2.24) is 0 Å². The van der Waals surface area contributed by atoms with E-state index in [1.807, 2.05) is 0 Å². The molecule has 0 bridgehead atoms. The van der Waals surface area contributed by atoms with Crippen LogP contribution in [0.2, 0.25) is 0 Å². The first kappa shape index (κ1) is 20.0. The van der Waals surface area contributed by atoms with E-state index < -0.39 is 18.0 Å². The van der Waals surface area contributed by atoms with Crippen molar-refractivity contribution < 1.29 is 39.9 Å². The number of hydrogen-bond acceptors (Lipinski definition) is 6. The minimum atomic E-state index is -1.06. The van der Waals surface area contributed by atoms with Crippen molar-refractivity contribution >= 4 is 11.9 Å². The molecule has 0 aliphatic carbocycles. The van der Waals surface area contributed by atoms with Gasteiger partial charge in [0.1, 0.15) is 0 Å². The van der Waals surface area contributed by atoms with Crippen molar-refractivity contribution in [3.05, 3.63) is 35.4 Å². The van der Waals surface area contributed by atoms with Gasteiger partial charge in [-0.05, 0) is 30.7 Å². The Kier molecular flexibility index (Phi) is 10.6. The minimum Gasteiger partial charge on any atom is -0.478 e. The highest BCUT2D eigenvalue weighted by atomic mass is 16.5. The van der Waals surface area contributed by atoms with Gasteiger partial charge in [0.15, 0.2) is 0 Å². The smallest absolute Gasteiger partial charge is 0.335 e. The maximum atomic E-state index is 10.3. The second kappa shape index (κ2) is 11.6.